The molecule has 0 aromatic carbocycles. The van der Waals surface area contributed by atoms with Gasteiger partial charge in [0, 0.05) is 6.42 Å². The third-order valence-electron chi connectivity index (χ3n) is 1.87. The Morgan fingerprint density at radius 3 is 2.35 bits per heavy atom. The van der Waals surface area contributed by atoms with Gasteiger partial charge in [-0.05, 0) is 34.1 Å². The summed E-state index contributed by atoms with van der Waals surface area (Å²) in [6.07, 6.45) is 0.869. The van der Waals surface area contributed by atoms with Crippen molar-refractivity contribution in [3.63, 3.8) is 0 Å². The normalized spacial score (nSPS) is 11.8. The Bertz CT molecular complexity index is 340. The number of carbonyl (C=O) groups excluding carboxylic acids is 2. The summed E-state index contributed by atoms with van der Waals surface area (Å²) in [5, 5.41) is 6.20. The van der Waals surface area contributed by atoms with E-state index in [1.54, 1.807) is 20.8 Å². The fourth-order valence-corrected chi connectivity index (χ4v) is 1.17. The molecular weight excluding hydrogens is 262 g/mol. The van der Waals surface area contributed by atoms with E-state index >= 15 is 0 Å². The molecule has 0 unspecified atom stereocenters. The van der Waals surface area contributed by atoms with Gasteiger partial charge in [0.05, 0.1) is 6.61 Å². The molecule has 7 nitrogen and oxygen atoms in total. The Morgan fingerprint density at radius 2 is 1.85 bits per heavy atom. The van der Waals surface area contributed by atoms with Crippen LogP contribution in [0.15, 0.2) is 5.10 Å². The second kappa shape index (κ2) is 9.17. The topological polar surface area (TPSA) is 89.0 Å². The van der Waals surface area contributed by atoms with Crippen LogP contribution in [0.2, 0.25) is 0 Å². The highest BCUT2D eigenvalue weighted by Gasteiger charge is 2.16. The summed E-state index contributed by atoms with van der Waals surface area (Å²) < 4.78 is 10.2. The highest BCUT2D eigenvalue weighted by atomic mass is 16.6. The molecule has 0 spiro atoms. The van der Waals surface area contributed by atoms with Gasteiger partial charge in [0.25, 0.3) is 5.91 Å². The minimum absolute atomic E-state index is 0.204. The zero-order valence-electron chi connectivity index (χ0n) is 12.9. The molecule has 0 aromatic rings. The van der Waals surface area contributed by atoms with Gasteiger partial charge in [-0.15, -0.1) is 5.10 Å². The summed E-state index contributed by atoms with van der Waals surface area (Å²) in [5.41, 5.74) is 1.73. The third kappa shape index (κ3) is 10.2. The van der Waals surface area contributed by atoms with Crippen molar-refractivity contribution < 1.29 is 19.1 Å². The number of hydrazone groups is 1. The quantitative estimate of drug-likeness (QED) is 0.443. The largest absolute Gasteiger partial charge is 0.480 e. The van der Waals surface area contributed by atoms with Gasteiger partial charge >= 0.3 is 6.09 Å². The van der Waals surface area contributed by atoms with Crippen molar-refractivity contribution in [2.45, 2.75) is 53.1 Å². The maximum atomic E-state index is 11.5. The van der Waals surface area contributed by atoms with Crippen molar-refractivity contribution in [1.29, 1.82) is 0 Å². The maximum Gasteiger partial charge on any atom is 0.408 e. The van der Waals surface area contributed by atoms with Gasteiger partial charge in [0.15, 0.2) is 0 Å². The van der Waals surface area contributed by atoms with Gasteiger partial charge in [-0.2, -0.15) is 0 Å². The van der Waals surface area contributed by atoms with Crippen molar-refractivity contribution >= 4 is 17.9 Å². The predicted molar refractivity (Wildman–Crippen MR) is 76.3 cm³/mol. The lowest BCUT2D eigenvalue weighted by molar-refractivity contribution is -0.120. The van der Waals surface area contributed by atoms with Gasteiger partial charge < -0.3 is 14.8 Å². The second-order valence-electron chi connectivity index (χ2n) is 5.08. The highest BCUT2D eigenvalue weighted by Crippen LogP contribution is 2.05. The van der Waals surface area contributed by atoms with Crippen LogP contribution >= 0.6 is 0 Å². The van der Waals surface area contributed by atoms with E-state index in [1.165, 1.54) is 0 Å². The van der Waals surface area contributed by atoms with E-state index in [4.69, 9.17) is 9.47 Å². The van der Waals surface area contributed by atoms with E-state index in [9.17, 15) is 9.59 Å². The number of ether oxygens (including phenoxy) is 2. The molecule has 2 amide bonds. The maximum absolute atomic E-state index is 11.5. The molecule has 0 aliphatic rings. The smallest absolute Gasteiger partial charge is 0.408 e. The second-order valence-corrected chi connectivity index (χ2v) is 5.08. The SMILES string of the molecule is CCCC(=NNC(=O)CNC(=O)OC(C)(C)C)OCC. The summed E-state index contributed by atoms with van der Waals surface area (Å²) in [6.45, 7) is 9.36. The van der Waals surface area contributed by atoms with E-state index in [1.807, 2.05) is 13.8 Å². The Morgan fingerprint density at radius 1 is 1.20 bits per heavy atom. The number of rotatable bonds is 6. The van der Waals surface area contributed by atoms with Crippen molar-refractivity contribution in [1.82, 2.24) is 10.7 Å². The molecule has 0 aliphatic carbocycles. The third-order valence-corrected chi connectivity index (χ3v) is 1.87. The molecule has 0 aliphatic heterocycles. The molecule has 0 fully saturated rings. The number of carbonyl (C=O) groups is 2. The molecule has 0 radical (unpaired) electrons. The van der Waals surface area contributed by atoms with E-state index in [-0.39, 0.29) is 6.54 Å². The molecule has 2 N–H and O–H groups in total. The molecule has 0 bridgehead atoms. The van der Waals surface area contributed by atoms with Crippen LogP contribution in [0, 0.1) is 0 Å². The average Bonchev–Trinajstić information content (AvgIpc) is 2.32. The summed E-state index contributed by atoms with van der Waals surface area (Å²) in [5.74, 6) is 0.0322. The van der Waals surface area contributed by atoms with E-state index < -0.39 is 17.6 Å². The van der Waals surface area contributed by atoms with Crippen LogP contribution < -0.4 is 10.7 Å². The first-order chi connectivity index (χ1) is 9.28. The molecule has 116 valence electrons. The number of alkyl carbamates (subject to hydrolysis) is 1. The Kier molecular flexibility index (Phi) is 8.35. The van der Waals surface area contributed by atoms with E-state index in [0.717, 1.165) is 6.42 Å². The molecule has 0 atom stereocenters. The van der Waals surface area contributed by atoms with Crippen LogP contribution in [-0.2, 0) is 14.3 Å². The highest BCUT2D eigenvalue weighted by molar-refractivity contribution is 5.84. The number of amides is 2. The minimum Gasteiger partial charge on any atom is -0.480 e. The number of nitrogens with zero attached hydrogens (tertiary/aromatic N) is 1. The summed E-state index contributed by atoms with van der Waals surface area (Å²) in [6, 6.07) is 0. The Hall–Kier alpha value is -1.79. The molecule has 0 saturated carbocycles. The molecule has 0 heterocycles. The first-order valence-electron chi connectivity index (χ1n) is 6.73. The van der Waals surface area contributed by atoms with Crippen LogP contribution in [0.3, 0.4) is 0 Å². The fourth-order valence-electron chi connectivity index (χ4n) is 1.17. The number of nitrogens with one attached hydrogen (secondary N) is 2. The lowest BCUT2D eigenvalue weighted by atomic mass is 10.2. The van der Waals surface area contributed by atoms with Gasteiger partial charge in [-0.3, -0.25) is 4.79 Å². The molecule has 20 heavy (non-hydrogen) atoms. The standard InChI is InChI=1S/C13H25N3O4/c1-6-8-11(19-7-2)16-15-10(17)9-14-12(18)20-13(3,4)5/h6-9H2,1-5H3,(H,14,18)(H,15,17). The van der Waals surface area contributed by atoms with Gasteiger partial charge in [-0.25, -0.2) is 10.2 Å². The lowest BCUT2D eigenvalue weighted by Crippen LogP contribution is -2.38. The average molecular weight is 287 g/mol. The fraction of sp³-hybridized carbons (Fsp3) is 0.769. The Labute approximate surface area is 120 Å². The molecule has 7 heteroatoms. The van der Waals surface area contributed by atoms with Crippen molar-refractivity contribution in [2.24, 2.45) is 5.10 Å². The van der Waals surface area contributed by atoms with Gasteiger partial charge in [0.1, 0.15) is 12.1 Å². The molecular formula is C13H25N3O4. The Balaban J connectivity index is 4.10. The van der Waals surface area contributed by atoms with Crippen LogP contribution in [0.4, 0.5) is 4.79 Å². The summed E-state index contributed by atoms with van der Waals surface area (Å²) in [7, 11) is 0. The first kappa shape index (κ1) is 18.2. The summed E-state index contributed by atoms with van der Waals surface area (Å²) in [4.78, 5) is 22.8. The lowest BCUT2D eigenvalue weighted by Gasteiger charge is -2.19. The molecule has 0 rings (SSSR count). The van der Waals surface area contributed by atoms with Crippen LogP contribution in [0.1, 0.15) is 47.5 Å². The predicted octanol–water partition coefficient (Wildman–Crippen LogP) is 1.78. The van der Waals surface area contributed by atoms with Crippen molar-refractivity contribution in [3.05, 3.63) is 0 Å². The van der Waals surface area contributed by atoms with Crippen molar-refractivity contribution in [2.75, 3.05) is 13.2 Å². The number of hydrogen-bond acceptors (Lipinski definition) is 5. The minimum atomic E-state index is -0.643. The van der Waals surface area contributed by atoms with E-state index in [0.29, 0.717) is 18.9 Å². The van der Waals surface area contributed by atoms with Gasteiger partial charge in [0.2, 0.25) is 5.90 Å². The van der Waals surface area contributed by atoms with Crippen LogP contribution in [-0.4, -0.2) is 36.7 Å². The van der Waals surface area contributed by atoms with Crippen molar-refractivity contribution in [3.8, 4) is 0 Å². The summed E-state index contributed by atoms with van der Waals surface area (Å²) >= 11 is 0. The zero-order valence-corrected chi connectivity index (χ0v) is 12.9. The van der Waals surface area contributed by atoms with Crippen LogP contribution in [0.5, 0.6) is 0 Å². The van der Waals surface area contributed by atoms with E-state index in [2.05, 4.69) is 15.8 Å². The number of hydrogen-bond donors (Lipinski definition) is 2. The monoisotopic (exact) mass is 287 g/mol. The van der Waals surface area contributed by atoms with Crippen LogP contribution in [0.25, 0.3) is 0 Å². The molecule has 0 saturated heterocycles. The zero-order chi connectivity index (χ0) is 15.6. The van der Waals surface area contributed by atoms with Gasteiger partial charge in [-0.1, -0.05) is 6.92 Å². The first-order valence-corrected chi connectivity index (χ1v) is 6.73. The molecule has 0 aromatic heterocycles.